The number of hydrogen-bond donors (Lipinski definition) is 1. The topological polar surface area (TPSA) is 42.7 Å². The van der Waals surface area contributed by atoms with Gasteiger partial charge >= 0.3 is 0 Å². The Morgan fingerprint density at radius 1 is 1.09 bits per heavy atom. The zero-order chi connectivity index (χ0) is 15.2. The second-order valence-electron chi connectivity index (χ2n) is 5.18. The van der Waals surface area contributed by atoms with Gasteiger partial charge in [-0.05, 0) is 23.6 Å². The van der Waals surface area contributed by atoms with Crippen LogP contribution in [0.15, 0.2) is 61.2 Å². The van der Waals surface area contributed by atoms with Gasteiger partial charge in [0.1, 0.15) is 12.7 Å². The molecule has 1 aromatic heterocycles. The quantitative estimate of drug-likeness (QED) is 0.754. The van der Waals surface area contributed by atoms with Crippen LogP contribution in [0.2, 0.25) is 0 Å². The van der Waals surface area contributed by atoms with Crippen molar-refractivity contribution in [2.24, 2.45) is 0 Å². The van der Waals surface area contributed by atoms with Gasteiger partial charge < -0.3 is 5.32 Å². The zero-order valence-electron chi connectivity index (χ0n) is 12.7. The van der Waals surface area contributed by atoms with Crippen molar-refractivity contribution in [1.29, 1.82) is 0 Å². The van der Waals surface area contributed by atoms with E-state index >= 15 is 0 Å². The van der Waals surface area contributed by atoms with Crippen LogP contribution < -0.4 is 5.32 Å². The molecule has 2 aromatic carbocycles. The summed E-state index contributed by atoms with van der Waals surface area (Å²) in [5.74, 6) is 0. The van der Waals surface area contributed by atoms with E-state index in [9.17, 15) is 0 Å². The van der Waals surface area contributed by atoms with Crippen LogP contribution in [0.25, 0.3) is 11.1 Å². The molecule has 112 valence electrons. The van der Waals surface area contributed by atoms with Crippen molar-refractivity contribution in [3.63, 3.8) is 0 Å². The third-order valence-corrected chi connectivity index (χ3v) is 3.70. The summed E-state index contributed by atoms with van der Waals surface area (Å²) in [6, 6.07) is 17.1. The lowest BCUT2D eigenvalue weighted by Crippen LogP contribution is -2.11. The summed E-state index contributed by atoms with van der Waals surface area (Å²) in [5.41, 5.74) is 4.97. The lowest BCUT2D eigenvalue weighted by Gasteiger charge is -2.14. The summed E-state index contributed by atoms with van der Waals surface area (Å²) in [6.45, 7) is 3.79. The van der Waals surface area contributed by atoms with Crippen LogP contribution in [0.5, 0.6) is 0 Å². The summed E-state index contributed by atoms with van der Waals surface area (Å²) >= 11 is 0. The number of benzene rings is 2. The van der Waals surface area contributed by atoms with E-state index in [4.69, 9.17) is 0 Å². The number of hydrogen-bond acceptors (Lipinski definition) is 3. The van der Waals surface area contributed by atoms with E-state index in [0.717, 1.165) is 19.5 Å². The van der Waals surface area contributed by atoms with Gasteiger partial charge in [-0.15, -0.1) is 0 Å². The van der Waals surface area contributed by atoms with Crippen molar-refractivity contribution in [3.8, 4) is 11.1 Å². The van der Waals surface area contributed by atoms with Crippen molar-refractivity contribution >= 4 is 5.69 Å². The Morgan fingerprint density at radius 3 is 2.68 bits per heavy atom. The highest BCUT2D eigenvalue weighted by Crippen LogP contribution is 2.29. The summed E-state index contributed by atoms with van der Waals surface area (Å²) in [5, 5.41) is 7.66. The molecule has 0 amide bonds. The molecule has 0 bridgehead atoms. The number of aromatic nitrogens is 3. The van der Waals surface area contributed by atoms with Crippen LogP contribution in [0.3, 0.4) is 0 Å². The van der Waals surface area contributed by atoms with Crippen LogP contribution >= 0.6 is 0 Å². The molecule has 0 saturated heterocycles. The SMILES string of the molecule is CCc1ccc(-c2ccccc2)c(NCCn2cncn2)c1. The zero-order valence-corrected chi connectivity index (χ0v) is 12.7. The molecule has 0 saturated carbocycles. The van der Waals surface area contributed by atoms with Gasteiger partial charge in [0.2, 0.25) is 0 Å². The molecular formula is C18H20N4. The summed E-state index contributed by atoms with van der Waals surface area (Å²) < 4.78 is 1.83. The molecule has 0 radical (unpaired) electrons. The Hall–Kier alpha value is -2.62. The highest BCUT2D eigenvalue weighted by atomic mass is 15.3. The average Bonchev–Trinajstić information content (AvgIpc) is 3.09. The van der Waals surface area contributed by atoms with Crippen molar-refractivity contribution in [2.45, 2.75) is 19.9 Å². The van der Waals surface area contributed by atoms with E-state index in [1.165, 1.54) is 22.4 Å². The van der Waals surface area contributed by atoms with Gasteiger partial charge in [-0.2, -0.15) is 5.10 Å². The Balaban J connectivity index is 1.80. The predicted octanol–water partition coefficient (Wildman–Crippen LogP) is 3.62. The van der Waals surface area contributed by atoms with E-state index in [1.807, 2.05) is 10.7 Å². The molecule has 3 aromatic rings. The molecule has 0 aliphatic rings. The molecule has 3 rings (SSSR count). The first-order valence-electron chi connectivity index (χ1n) is 7.61. The number of nitrogens with one attached hydrogen (secondary N) is 1. The fourth-order valence-corrected chi connectivity index (χ4v) is 2.48. The summed E-state index contributed by atoms with van der Waals surface area (Å²) in [6.07, 6.45) is 4.34. The maximum Gasteiger partial charge on any atom is 0.137 e. The second kappa shape index (κ2) is 6.89. The van der Waals surface area contributed by atoms with Gasteiger partial charge in [0, 0.05) is 17.8 Å². The van der Waals surface area contributed by atoms with Crippen LogP contribution in [0, 0.1) is 0 Å². The minimum absolute atomic E-state index is 0.796. The summed E-state index contributed by atoms with van der Waals surface area (Å²) in [7, 11) is 0. The number of rotatable bonds is 6. The van der Waals surface area contributed by atoms with E-state index in [-0.39, 0.29) is 0 Å². The molecule has 0 atom stereocenters. The molecule has 4 nitrogen and oxygen atoms in total. The molecular weight excluding hydrogens is 272 g/mol. The van der Waals surface area contributed by atoms with Crippen molar-refractivity contribution in [3.05, 3.63) is 66.7 Å². The van der Waals surface area contributed by atoms with Gasteiger partial charge in [-0.3, -0.25) is 4.68 Å². The number of nitrogens with zero attached hydrogens (tertiary/aromatic N) is 3. The summed E-state index contributed by atoms with van der Waals surface area (Å²) in [4.78, 5) is 3.96. The van der Waals surface area contributed by atoms with Gasteiger partial charge in [0.05, 0.1) is 6.54 Å². The van der Waals surface area contributed by atoms with Crippen molar-refractivity contribution < 1.29 is 0 Å². The smallest absolute Gasteiger partial charge is 0.137 e. The van der Waals surface area contributed by atoms with Crippen molar-refractivity contribution in [2.75, 3.05) is 11.9 Å². The molecule has 0 spiro atoms. The van der Waals surface area contributed by atoms with E-state index in [0.29, 0.717) is 0 Å². The normalized spacial score (nSPS) is 10.6. The first-order chi connectivity index (χ1) is 10.9. The molecule has 0 aliphatic heterocycles. The monoisotopic (exact) mass is 292 g/mol. The Labute approximate surface area is 130 Å². The van der Waals surface area contributed by atoms with Gasteiger partial charge in [0.15, 0.2) is 0 Å². The fourth-order valence-electron chi connectivity index (χ4n) is 2.48. The van der Waals surface area contributed by atoms with Crippen LogP contribution in [0.1, 0.15) is 12.5 Å². The fraction of sp³-hybridized carbons (Fsp3) is 0.222. The predicted molar refractivity (Wildman–Crippen MR) is 89.8 cm³/mol. The average molecular weight is 292 g/mol. The van der Waals surface area contributed by atoms with E-state index in [1.54, 1.807) is 12.7 Å². The lowest BCUT2D eigenvalue weighted by molar-refractivity contribution is 0.636. The first-order valence-corrected chi connectivity index (χ1v) is 7.61. The lowest BCUT2D eigenvalue weighted by atomic mass is 10.0. The minimum atomic E-state index is 0.796. The molecule has 1 heterocycles. The second-order valence-corrected chi connectivity index (χ2v) is 5.18. The highest BCUT2D eigenvalue weighted by Gasteiger charge is 2.06. The molecule has 22 heavy (non-hydrogen) atoms. The first kappa shape index (κ1) is 14.3. The van der Waals surface area contributed by atoms with Gasteiger partial charge in [0.25, 0.3) is 0 Å². The highest BCUT2D eigenvalue weighted by molar-refractivity contribution is 5.78. The number of anilines is 1. The maximum absolute atomic E-state index is 4.13. The maximum atomic E-state index is 4.13. The van der Waals surface area contributed by atoms with Crippen molar-refractivity contribution in [1.82, 2.24) is 14.8 Å². The Bertz CT molecular complexity index is 705. The third kappa shape index (κ3) is 3.34. The standard InChI is InChI=1S/C18H20N4/c1-2-15-8-9-17(16-6-4-3-5-7-16)18(12-15)20-10-11-22-14-19-13-21-22/h3-9,12-14,20H,2,10-11H2,1H3. The molecule has 4 heteroatoms. The van der Waals surface area contributed by atoms with Crippen LogP contribution in [-0.4, -0.2) is 21.3 Å². The number of aryl methyl sites for hydroxylation is 1. The molecule has 1 N–H and O–H groups in total. The Kier molecular flexibility index (Phi) is 4.49. The van der Waals surface area contributed by atoms with Crippen LogP contribution in [-0.2, 0) is 13.0 Å². The van der Waals surface area contributed by atoms with Gasteiger partial charge in [-0.1, -0.05) is 49.4 Å². The molecule has 0 unspecified atom stereocenters. The largest absolute Gasteiger partial charge is 0.383 e. The Morgan fingerprint density at radius 2 is 1.95 bits per heavy atom. The molecule has 0 aliphatic carbocycles. The van der Waals surface area contributed by atoms with E-state index in [2.05, 4.69) is 64.8 Å². The third-order valence-electron chi connectivity index (χ3n) is 3.70. The molecule has 0 fully saturated rings. The van der Waals surface area contributed by atoms with Gasteiger partial charge in [-0.25, -0.2) is 4.98 Å². The van der Waals surface area contributed by atoms with E-state index < -0.39 is 0 Å². The minimum Gasteiger partial charge on any atom is -0.383 e. The van der Waals surface area contributed by atoms with Crippen LogP contribution in [0.4, 0.5) is 5.69 Å².